The van der Waals surface area contributed by atoms with Crippen LogP contribution in [0.15, 0.2) is 24.3 Å². The Kier molecular flexibility index (Phi) is 3.44. The Hall–Kier alpha value is -1.35. The van der Waals surface area contributed by atoms with Gasteiger partial charge >= 0.3 is 0 Å². The molecule has 3 nitrogen and oxygen atoms in total. The highest BCUT2D eigenvalue weighted by Gasteiger charge is 2.27. The summed E-state index contributed by atoms with van der Waals surface area (Å²) in [5.74, 6) is 0.0987. The Morgan fingerprint density at radius 2 is 1.83 bits per heavy atom. The van der Waals surface area contributed by atoms with E-state index in [9.17, 15) is 4.79 Å². The first-order valence-corrected chi connectivity index (χ1v) is 6.53. The number of hydrogen-bond acceptors (Lipinski definition) is 2. The highest BCUT2D eigenvalue weighted by molar-refractivity contribution is 5.77. The van der Waals surface area contributed by atoms with Crippen LogP contribution < -0.4 is 11.1 Å². The van der Waals surface area contributed by atoms with Gasteiger partial charge in [0.25, 0.3) is 0 Å². The number of nitrogens with one attached hydrogen (secondary N) is 1. The Bertz CT molecular complexity index is 431. The van der Waals surface area contributed by atoms with Crippen molar-refractivity contribution in [2.75, 3.05) is 0 Å². The second-order valence-electron chi connectivity index (χ2n) is 6.12. The predicted octanol–water partition coefficient (Wildman–Crippen LogP) is 2.26. The van der Waals surface area contributed by atoms with Gasteiger partial charge < -0.3 is 11.1 Å². The van der Waals surface area contributed by atoms with Crippen molar-refractivity contribution in [3.63, 3.8) is 0 Å². The molecule has 0 bridgehead atoms. The zero-order valence-corrected chi connectivity index (χ0v) is 11.4. The van der Waals surface area contributed by atoms with Crippen LogP contribution in [0.2, 0.25) is 0 Å². The Balaban J connectivity index is 2.21. The summed E-state index contributed by atoms with van der Waals surface area (Å²) in [6.07, 6.45) is 1.30. The molecule has 1 aliphatic rings. The summed E-state index contributed by atoms with van der Waals surface area (Å²) in [5, 5.41) is 2.98. The Morgan fingerprint density at radius 1 is 1.22 bits per heavy atom. The van der Waals surface area contributed by atoms with Crippen molar-refractivity contribution in [1.82, 2.24) is 5.32 Å². The molecule has 0 spiro atoms. The number of benzene rings is 1. The van der Waals surface area contributed by atoms with Crippen molar-refractivity contribution in [3.05, 3.63) is 35.4 Å². The maximum atomic E-state index is 11.5. The van der Waals surface area contributed by atoms with Crippen LogP contribution in [-0.4, -0.2) is 11.9 Å². The van der Waals surface area contributed by atoms with E-state index in [-0.39, 0.29) is 23.4 Å². The molecule has 1 aromatic carbocycles. The van der Waals surface area contributed by atoms with Gasteiger partial charge in [0.1, 0.15) is 0 Å². The van der Waals surface area contributed by atoms with E-state index >= 15 is 0 Å². The fourth-order valence-electron chi connectivity index (χ4n) is 2.34. The third-order valence-electron chi connectivity index (χ3n) is 3.59. The summed E-state index contributed by atoms with van der Waals surface area (Å²) >= 11 is 0. The quantitative estimate of drug-likeness (QED) is 0.798. The lowest BCUT2D eigenvalue weighted by molar-refractivity contribution is -0.123. The molecular weight excluding hydrogens is 224 g/mol. The molecule has 1 amide bonds. The van der Waals surface area contributed by atoms with Crippen molar-refractivity contribution in [2.45, 2.75) is 51.1 Å². The van der Waals surface area contributed by atoms with Gasteiger partial charge in [-0.25, -0.2) is 0 Å². The van der Waals surface area contributed by atoms with Crippen molar-refractivity contribution >= 4 is 5.91 Å². The second kappa shape index (κ2) is 4.73. The van der Waals surface area contributed by atoms with E-state index < -0.39 is 0 Å². The van der Waals surface area contributed by atoms with E-state index in [2.05, 4.69) is 50.4 Å². The molecule has 0 radical (unpaired) electrons. The van der Waals surface area contributed by atoms with Crippen molar-refractivity contribution in [3.8, 4) is 0 Å². The maximum Gasteiger partial charge on any atom is 0.220 e. The smallest absolute Gasteiger partial charge is 0.220 e. The van der Waals surface area contributed by atoms with Crippen LogP contribution in [-0.2, 0) is 10.2 Å². The molecule has 98 valence electrons. The molecule has 3 N–H and O–H groups in total. The molecular formula is C15H22N2O. The summed E-state index contributed by atoms with van der Waals surface area (Å²) < 4.78 is 0. The zero-order chi connectivity index (χ0) is 13.3. The monoisotopic (exact) mass is 246 g/mol. The molecule has 0 saturated carbocycles. The molecule has 2 rings (SSSR count). The standard InChI is InChI=1S/C15H22N2O/c1-15(2,3)11-6-4-10(5-7-11)14-12(16)8-9-13(18)17-14/h4-7,12,14H,8-9,16H2,1-3H3,(H,17,18). The van der Waals surface area contributed by atoms with Crippen molar-refractivity contribution < 1.29 is 4.79 Å². The molecule has 1 aromatic rings. The molecule has 2 unspecified atom stereocenters. The number of hydrogen-bond donors (Lipinski definition) is 2. The summed E-state index contributed by atoms with van der Waals surface area (Å²) in [6, 6.07) is 8.39. The average molecular weight is 246 g/mol. The van der Waals surface area contributed by atoms with Crippen LogP contribution >= 0.6 is 0 Å². The van der Waals surface area contributed by atoms with Crippen molar-refractivity contribution in [2.24, 2.45) is 5.73 Å². The first-order chi connectivity index (χ1) is 8.38. The largest absolute Gasteiger partial charge is 0.348 e. The minimum atomic E-state index is -0.0414. The minimum absolute atomic E-state index is 0.0168. The van der Waals surface area contributed by atoms with Crippen LogP contribution in [0.3, 0.4) is 0 Å². The summed E-state index contributed by atoms with van der Waals surface area (Å²) in [7, 11) is 0. The van der Waals surface area contributed by atoms with E-state index in [0.29, 0.717) is 6.42 Å². The molecule has 18 heavy (non-hydrogen) atoms. The molecule has 2 atom stereocenters. The normalized spacial score (nSPS) is 24.8. The van der Waals surface area contributed by atoms with Gasteiger partial charge in [0.15, 0.2) is 0 Å². The first-order valence-electron chi connectivity index (χ1n) is 6.53. The molecule has 0 aliphatic carbocycles. The second-order valence-corrected chi connectivity index (χ2v) is 6.12. The van der Waals surface area contributed by atoms with Crippen LogP contribution in [0.1, 0.15) is 50.8 Å². The highest BCUT2D eigenvalue weighted by Crippen LogP contribution is 2.26. The predicted molar refractivity (Wildman–Crippen MR) is 73.2 cm³/mol. The summed E-state index contributed by atoms with van der Waals surface area (Å²) in [6.45, 7) is 6.57. The number of carbonyl (C=O) groups is 1. The van der Waals surface area contributed by atoms with Gasteiger partial charge in [-0.2, -0.15) is 0 Å². The van der Waals surface area contributed by atoms with E-state index in [1.165, 1.54) is 5.56 Å². The molecule has 1 heterocycles. The number of piperidine rings is 1. The van der Waals surface area contributed by atoms with Gasteiger partial charge in [-0.05, 0) is 23.0 Å². The van der Waals surface area contributed by atoms with Gasteiger partial charge in [0.05, 0.1) is 6.04 Å². The molecule has 3 heteroatoms. The lowest BCUT2D eigenvalue weighted by atomic mass is 9.85. The number of carbonyl (C=O) groups excluding carboxylic acids is 1. The van der Waals surface area contributed by atoms with Crippen molar-refractivity contribution in [1.29, 1.82) is 0 Å². The number of amides is 1. The number of rotatable bonds is 1. The first kappa shape index (κ1) is 13.1. The Morgan fingerprint density at radius 3 is 2.39 bits per heavy atom. The number of nitrogens with two attached hydrogens (primary N) is 1. The maximum absolute atomic E-state index is 11.5. The lowest BCUT2D eigenvalue weighted by Gasteiger charge is -2.30. The summed E-state index contributed by atoms with van der Waals surface area (Å²) in [5.41, 5.74) is 8.63. The topological polar surface area (TPSA) is 55.1 Å². The van der Waals surface area contributed by atoms with Crippen LogP contribution in [0.25, 0.3) is 0 Å². The molecule has 1 saturated heterocycles. The molecule has 1 aliphatic heterocycles. The van der Waals surface area contributed by atoms with Gasteiger partial charge in [-0.3, -0.25) is 4.79 Å². The fourth-order valence-corrected chi connectivity index (χ4v) is 2.34. The van der Waals surface area contributed by atoms with Gasteiger partial charge in [0, 0.05) is 12.5 Å². The Labute approximate surface area is 109 Å². The van der Waals surface area contributed by atoms with Crippen LogP contribution in [0.5, 0.6) is 0 Å². The van der Waals surface area contributed by atoms with E-state index in [1.54, 1.807) is 0 Å². The summed E-state index contributed by atoms with van der Waals surface area (Å²) in [4.78, 5) is 11.5. The van der Waals surface area contributed by atoms with Crippen LogP contribution in [0.4, 0.5) is 0 Å². The lowest BCUT2D eigenvalue weighted by Crippen LogP contribution is -2.45. The van der Waals surface area contributed by atoms with Crippen LogP contribution in [0, 0.1) is 0 Å². The zero-order valence-electron chi connectivity index (χ0n) is 11.4. The average Bonchev–Trinajstić information content (AvgIpc) is 2.31. The van der Waals surface area contributed by atoms with Gasteiger partial charge in [-0.15, -0.1) is 0 Å². The van der Waals surface area contributed by atoms with E-state index in [0.717, 1.165) is 12.0 Å². The SMILES string of the molecule is CC(C)(C)c1ccc(C2NC(=O)CCC2N)cc1. The van der Waals surface area contributed by atoms with E-state index in [1.807, 2.05) is 0 Å². The fraction of sp³-hybridized carbons (Fsp3) is 0.533. The van der Waals surface area contributed by atoms with Gasteiger partial charge in [-0.1, -0.05) is 45.0 Å². The minimum Gasteiger partial charge on any atom is -0.348 e. The highest BCUT2D eigenvalue weighted by atomic mass is 16.1. The molecule has 0 aromatic heterocycles. The molecule has 1 fully saturated rings. The van der Waals surface area contributed by atoms with Gasteiger partial charge in [0.2, 0.25) is 5.91 Å². The third-order valence-corrected chi connectivity index (χ3v) is 3.59. The van der Waals surface area contributed by atoms with E-state index in [4.69, 9.17) is 5.73 Å². The third kappa shape index (κ3) is 2.72.